The molecular weight excluding hydrogens is 192 g/mol. The molecule has 0 amide bonds. The second kappa shape index (κ2) is 3.76. The SMILES string of the molecule is CCOC(=O)CC1(CN)CC2(CNC2)C1. The van der Waals surface area contributed by atoms with Gasteiger partial charge in [0.15, 0.2) is 0 Å². The minimum absolute atomic E-state index is 0.0361. The number of carbonyl (C=O) groups is 1. The standard InChI is InChI=1S/C11H20N2O2/c1-2-15-9(14)3-10(6-12)4-11(5-10)7-13-8-11/h13H,2-8,12H2,1H3. The highest BCUT2D eigenvalue weighted by Crippen LogP contribution is 2.57. The van der Waals surface area contributed by atoms with Gasteiger partial charge < -0.3 is 15.8 Å². The molecule has 15 heavy (non-hydrogen) atoms. The first kappa shape index (κ1) is 10.9. The molecule has 0 aromatic heterocycles. The van der Waals surface area contributed by atoms with Gasteiger partial charge in [0, 0.05) is 13.1 Å². The smallest absolute Gasteiger partial charge is 0.306 e. The molecule has 1 saturated heterocycles. The van der Waals surface area contributed by atoms with E-state index in [1.54, 1.807) is 0 Å². The van der Waals surface area contributed by atoms with Crippen molar-refractivity contribution in [2.24, 2.45) is 16.6 Å². The summed E-state index contributed by atoms with van der Waals surface area (Å²) in [6, 6.07) is 0. The Bertz CT molecular complexity index is 253. The molecule has 1 aliphatic carbocycles. The first-order valence-electron chi connectivity index (χ1n) is 5.70. The van der Waals surface area contributed by atoms with Gasteiger partial charge in [-0.05, 0) is 37.1 Å². The summed E-state index contributed by atoms with van der Waals surface area (Å²) in [4.78, 5) is 11.4. The van der Waals surface area contributed by atoms with Crippen LogP contribution >= 0.6 is 0 Å². The number of nitrogens with one attached hydrogen (secondary N) is 1. The Morgan fingerprint density at radius 1 is 1.47 bits per heavy atom. The summed E-state index contributed by atoms with van der Waals surface area (Å²) in [7, 11) is 0. The van der Waals surface area contributed by atoms with E-state index in [0.29, 0.717) is 25.0 Å². The average molecular weight is 212 g/mol. The molecule has 1 spiro atoms. The maximum Gasteiger partial charge on any atom is 0.306 e. The van der Waals surface area contributed by atoms with Crippen molar-refractivity contribution in [3.05, 3.63) is 0 Å². The van der Waals surface area contributed by atoms with Crippen molar-refractivity contribution >= 4 is 5.97 Å². The number of rotatable bonds is 4. The number of esters is 1. The van der Waals surface area contributed by atoms with Crippen LogP contribution in [-0.4, -0.2) is 32.2 Å². The second-order valence-electron chi connectivity index (χ2n) is 5.14. The van der Waals surface area contributed by atoms with E-state index in [0.717, 1.165) is 25.9 Å². The average Bonchev–Trinajstić information content (AvgIpc) is 2.08. The van der Waals surface area contributed by atoms with Crippen LogP contribution < -0.4 is 11.1 Å². The predicted molar refractivity (Wildman–Crippen MR) is 57.3 cm³/mol. The second-order valence-corrected chi connectivity index (χ2v) is 5.14. The molecule has 2 fully saturated rings. The quantitative estimate of drug-likeness (QED) is 0.656. The van der Waals surface area contributed by atoms with Gasteiger partial charge in [-0.2, -0.15) is 0 Å². The number of hydrogen-bond acceptors (Lipinski definition) is 4. The van der Waals surface area contributed by atoms with Gasteiger partial charge in [0.2, 0.25) is 0 Å². The molecular formula is C11H20N2O2. The van der Waals surface area contributed by atoms with Gasteiger partial charge in [0.1, 0.15) is 0 Å². The first-order chi connectivity index (χ1) is 7.14. The van der Waals surface area contributed by atoms with Crippen molar-refractivity contribution in [1.29, 1.82) is 0 Å². The monoisotopic (exact) mass is 212 g/mol. The van der Waals surface area contributed by atoms with Crippen LogP contribution in [0.15, 0.2) is 0 Å². The molecule has 0 aromatic rings. The highest BCUT2D eigenvalue weighted by atomic mass is 16.5. The third-order valence-electron chi connectivity index (χ3n) is 3.76. The Balaban J connectivity index is 1.86. The van der Waals surface area contributed by atoms with Crippen molar-refractivity contribution in [2.75, 3.05) is 26.2 Å². The van der Waals surface area contributed by atoms with Crippen LogP contribution in [0.3, 0.4) is 0 Å². The molecule has 2 rings (SSSR count). The predicted octanol–water partition coefficient (Wildman–Crippen LogP) is 0.268. The van der Waals surface area contributed by atoms with Crippen LogP contribution in [0.2, 0.25) is 0 Å². The summed E-state index contributed by atoms with van der Waals surface area (Å²) in [5.74, 6) is -0.0925. The van der Waals surface area contributed by atoms with E-state index in [2.05, 4.69) is 5.32 Å². The van der Waals surface area contributed by atoms with Crippen LogP contribution in [0, 0.1) is 10.8 Å². The van der Waals surface area contributed by atoms with Gasteiger partial charge in [-0.15, -0.1) is 0 Å². The number of ether oxygens (including phenoxy) is 1. The van der Waals surface area contributed by atoms with E-state index in [9.17, 15) is 4.79 Å². The van der Waals surface area contributed by atoms with Gasteiger partial charge >= 0.3 is 5.97 Å². The lowest BCUT2D eigenvalue weighted by molar-refractivity contribution is -0.153. The molecule has 0 radical (unpaired) electrons. The maximum atomic E-state index is 11.4. The molecule has 86 valence electrons. The van der Waals surface area contributed by atoms with E-state index in [4.69, 9.17) is 10.5 Å². The van der Waals surface area contributed by atoms with Crippen molar-refractivity contribution < 1.29 is 9.53 Å². The molecule has 1 heterocycles. The molecule has 0 atom stereocenters. The van der Waals surface area contributed by atoms with Crippen molar-refractivity contribution in [3.63, 3.8) is 0 Å². The molecule has 0 unspecified atom stereocenters. The molecule has 1 aliphatic heterocycles. The van der Waals surface area contributed by atoms with Gasteiger partial charge in [-0.25, -0.2) is 0 Å². The Hall–Kier alpha value is -0.610. The Kier molecular flexibility index (Phi) is 2.73. The van der Waals surface area contributed by atoms with Gasteiger partial charge in [0.05, 0.1) is 13.0 Å². The van der Waals surface area contributed by atoms with E-state index >= 15 is 0 Å². The lowest BCUT2D eigenvalue weighted by Crippen LogP contribution is -2.65. The zero-order valence-electron chi connectivity index (χ0n) is 9.34. The summed E-state index contributed by atoms with van der Waals surface area (Å²) in [5, 5.41) is 3.29. The highest BCUT2D eigenvalue weighted by Gasteiger charge is 2.57. The molecule has 2 aliphatic rings. The summed E-state index contributed by atoms with van der Waals surface area (Å²) in [6.07, 6.45) is 2.67. The van der Waals surface area contributed by atoms with Gasteiger partial charge in [-0.1, -0.05) is 0 Å². The fourth-order valence-electron chi connectivity index (χ4n) is 3.13. The van der Waals surface area contributed by atoms with E-state index < -0.39 is 0 Å². The Labute approximate surface area is 90.5 Å². The summed E-state index contributed by atoms with van der Waals surface area (Å²) >= 11 is 0. The third-order valence-corrected chi connectivity index (χ3v) is 3.76. The van der Waals surface area contributed by atoms with Gasteiger partial charge in [-0.3, -0.25) is 4.79 Å². The summed E-state index contributed by atoms with van der Waals surface area (Å²) < 4.78 is 4.98. The molecule has 4 heteroatoms. The lowest BCUT2D eigenvalue weighted by atomic mass is 9.49. The van der Waals surface area contributed by atoms with Gasteiger partial charge in [0.25, 0.3) is 0 Å². The zero-order chi connectivity index (χ0) is 10.9. The maximum absolute atomic E-state index is 11.4. The van der Waals surface area contributed by atoms with Crippen LogP contribution in [0.4, 0.5) is 0 Å². The summed E-state index contributed by atoms with van der Waals surface area (Å²) in [6.45, 7) is 5.10. The molecule has 1 saturated carbocycles. The summed E-state index contributed by atoms with van der Waals surface area (Å²) in [5.41, 5.74) is 6.29. The topological polar surface area (TPSA) is 64.3 Å². The fourth-order valence-corrected chi connectivity index (χ4v) is 3.13. The first-order valence-corrected chi connectivity index (χ1v) is 5.70. The van der Waals surface area contributed by atoms with Crippen LogP contribution in [0.1, 0.15) is 26.2 Å². The fraction of sp³-hybridized carbons (Fsp3) is 0.909. The molecule has 0 bridgehead atoms. The molecule has 0 aromatic carbocycles. The van der Waals surface area contributed by atoms with Crippen molar-refractivity contribution in [3.8, 4) is 0 Å². The lowest BCUT2D eigenvalue weighted by Gasteiger charge is -2.60. The molecule has 3 N–H and O–H groups in total. The third kappa shape index (κ3) is 1.88. The number of hydrogen-bond donors (Lipinski definition) is 2. The zero-order valence-corrected chi connectivity index (χ0v) is 9.34. The minimum Gasteiger partial charge on any atom is -0.466 e. The highest BCUT2D eigenvalue weighted by molar-refractivity contribution is 5.70. The Morgan fingerprint density at radius 3 is 2.53 bits per heavy atom. The van der Waals surface area contributed by atoms with Crippen LogP contribution in [0.25, 0.3) is 0 Å². The van der Waals surface area contributed by atoms with E-state index in [-0.39, 0.29) is 11.4 Å². The van der Waals surface area contributed by atoms with E-state index in [1.807, 2.05) is 6.92 Å². The number of carbonyl (C=O) groups excluding carboxylic acids is 1. The minimum atomic E-state index is -0.0925. The molecule has 4 nitrogen and oxygen atoms in total. The van der Waals surface area contributed by atoms with E-state index in [1.165, 1.54) is 0 Å². The van der Waals surface area contributed by atoms with Crippen molar-refractivity contribution in [2.45, 2.75) is 26.2 Å². The van der Waals surface area contributed by atoms with Crippen LogP contribution in [0.5, 0.6) is 0 Å². The largest absolute Gasteiger partial charge is 0.466 e. The van der Waals surface area contributed by atoms with Crippen LogP contribution in [-0.2, 0) is 9.53 Å². The Morgan fingerprint density at radius 2 is 2.13 bits per heavy atom. The number of nitrogens with two attached hydrogens (primary N) is 1. The van der Waals surface area contributed by atoms with Crippen molar-refractivity contribution in [1.82, 2.24) is 5.32 Å². The normalized spacial score (nSPS) is 25.5.